The number of benzene rings is 1. The highest BCUT2D eigenvalue weighted by molar-refractivity contribution is 6.07. The van der Waals surface area contributed by atoms with Crippen LogP contribution in [0.4, 0.5) is 0 Å². The van der Waals surface area contributed by atoms with Gasteiger partial charge in [-0.2, -0.15) is 0 Å². The Balaban J connectivity index is 1.91. The van der Waals surface area contributed by atoms with E-state index in [0.29, 0.717) is 19.0 Å². The van der Waals surface area contributed by atoms with Gasteiger partial charge in [-0.05, 0) is 54.2 Å². The summed E-state index contributed by atoms with van der Waals surface area (Å²) in [6, 6.07) is 6.35. The molecule has 2 aliphatic carbocycles. The van der Waals surface area contributed by atoms with Crippen LogP contribution in [0.15, 0.2) is 24.3 Å². The van der Waals surface area contributed by atoms with E-state index in [2.05, 4.69) is 26.0 Å². The number of carbonyl (C=O) groups is 1. The second-order valence-electron chi connectivity index (χ2n) is 7.40. The molecule has 0 bridgehead atoms. The molecule has 0 aliphatic heterocycles. The predicted molar refractivity (Wildman–Crippen MR) is 101 cm³/mol. The maximum absolute atomic E-state index is 12.7. The molecule has 0 radical (unpaired) electrons. The lowest BCUT2D eigenvalue weighted by atomic mass is 9.68. The zero-order chi connectivity index (χ0) is 17.9. The van der Waals surface area contributed by atoms with Crippen LogP contribution in [-0.2, 0) is 16.0 Å². The van der Waals surface area contributed by atoms with E-state index in [-0.39, 0.29) is 11.3 Å². The maximum atomic E-state index is 12.7. The molecule has 0 heterocycles. The van der Waals surface area contributed by atoms with Crippen LogP contribution in [-0.4, -0.2) is 26.1 Å². The van der Waals surface area contributed by atoms with E-state index >= 15 is 0 Å². The van der Waals surface area contributed by atoms with Crippen LogP contribution in [0.5, 0.6) is 5.75 Å². The number of hydrogen-bond donors (Lipinski definition) is 0. The number of hydrogen-bond acceptors (Lipinski definition) is 3. The van der Waals surface area contributed by atoms with Crippen molar-refractivity contribution in [1.82, 2.24) is 0 Å². The average molecular weight is 342 g/mol. The third-order valence-electron chi connectivity index (χ3n) is 5.82. The molecule has 25 heavy (non-hydrogen) atoms. The van der Waals surface area contributed by atoms with E-state index in [1.54, 1.807) is 7.11 Å². The molecule has 0 fully saturated rings. The Kier molecular flexibility index (Phi) is 5.63. The SMILES string of the molecule is CCCC[C@]12Cc3cc(OCCOC)ccc3C1=CC(=O)[C@H]2CCC. The normalized spacial score (nSPS) is 24.2. The van der Waals surface area contributed by atoms with Gasteiger partial charge in [-0.1, -0.05) is 39.2 Å². The Labute approximate surface area is 151 Å². The molecule has 3 nitrogen and oxygen atoms in total. The highest BCUT2D eigenvalue weighted by Gasteiger charge is 2.52. The van der Waals surface area contributed by atoms with Gasteiger partial charge >= 0.3 is 0 Å². The van der Waals surface area contributed by atoms with E-state index < -0.39 is 0 Å². The van der Waals surface area contributed by atoms with Gasteiger partial charge in [-0.25, -0.2) is 0 Å². The lowest BCUT2D eigenvalue weighted by Gasteiger charge is -2.33. The molecular formula is C22H30O3. The van der Waals surface area contributed by atoms with Gasteiger partial charge < -0.3 is 9.47 Å². The topological polar surface area (TPSA) is 35.5 Å². The summed E-state index contributed by atoms with van der Waals surface area (Å²) in [5, 5.41) is 0. The molecule has 0 amide bonds. The first-order valence-electron chi connectivity index (χ1n) is 9.67. The zero-order valence-electron chi connectivity index (χ0n) is 15.8. The fourth-order valence-corrected chi connectivity index (χ4v) is 4.66. The molecule has 0 saturated carbocycles. The van der Waals surface area contributed by atoms with Crippen molar-refractivity contribution in [3.05, 3.63) is 35.4 Å². The van der Waals surface area contributed by atoms with Crippen LogP contribution in [0, 0.1) is 11.3 Å². The molecule has 0 aromatic heterocycles. The van der Waals surface area contributed by atoms with E-state index in [4.69, 9.17) is 9.47 Å². The molecule has 2 atom stereocenters. The van der Waals surface area contributed by atoms with Crippen molar-refractivity contribution in [2.45, 2.75) is 52.4 Å². The Morgan fingerprint density at radius 1 is 1.20 bits per heavy atom. The summed E-state index contributed by atoms with van der Waals surface area (Å²) >= 11 is 0. The number of allylic oxidation sites excluding steroid dienone is 2. The first-order valence-corrected chi connectivity index (χ1v) is 9.67. The Hall–Kier alpha value is -1.61. The van der Waals surface area contributed by atoms with Gasteiger partial charge in [-0.15, -0.1) is 0 Å². The monoisotopic (exact) mass is 342 g/mol. The summed E-state index contributed by atoms with van der Waals surface area (Å²) < 4.78 is 10.9. The van der Waals surface area contributed by atoms with Crippen molar-refractivity contribution < 1.29 is 14.3 Å². The van der Waals surface area contributed by atoms with Crippen LogP contribution >= 0.6 is 0 Å². The summed E-state index contributed by atoms with van der Waals surface area (Å²) in [6.07, 6.45) is 8.44. The summed E-state index contributed by atoms with van der Waals surface area (Å²) in [4.78, 5) is 12.7. The zero-order valence-corrected chi connectivity index (χ0v) is 15.8. The van der Waals surface area contributed by atoms with Gasteiger partial charge in [0.25, 0.3) is 0 Å². The Morgan fingerprint density at radius 3 is 2.76 bits per heavy atom. The quantitative estimate of drug-likeness (QED) is 0.603. The van der Waals surface area contributed by atoms with Crippen molar-refractivity contribution in [1.29, 1.82) is 0 Å². The van der Waals surface area contributed by atoms with Crippen LogP contribution in [0.1, 0.15) is 57.1 Å². The van der Waals surface area contributed by atoms with Crippen molar-refractivity contribution in [2.75, 3.05) is 20.3 Å². The van der Waals surface area contributed by atoms with Gasteiger partial charge in [0.15, 0.2) is 5.78 Å². The van der Waals surface area contributed by atoms with Gasteiger partial charge in [0.1, 0.15) is 12.4 Å². The summed E-state index contributed by atoms with van der Waals surface area (Å²) in [7, 11) is 1.68. The summed E-state index contributed by atoms with van der Waals surface area (Å²) in [5.74, 6) is 1.41. The molecular weight excluding hydrogens is 312 g/mol. The minimum atomic E-state index is 0.0244. The minimum absolute atomic E-state index is 0.0244. The first-order chi connectivity index (χ1) is 12.2. The lowest BCUT2D eigenvalue weighted by Crippen LogP contribution is -2.31. The number of rotatable bonds is 9. The van der Waals surface area contributed by atoms with Gasteiger partial charge in [-0.3, -0.25) is 4.79 Å². The average Bonchev–Trinajstić information content (AvgIpc) is 3.04. The molecule has 0 unspecified atom stereocenters. The first kappa shape index (κ1) is 18.2. The summed E-state index contributed by atoms with van der Waals surface area (Å²) in [5.41, 5.74) is 3.92. The van der Waals surface area contributed by atoms with E-state index in [1.165, 1.54) is 29.5 Å². The van der Waals surface area contributed by atoms with Crippen molar-refractivity contribution in [3.8, 4) is 5.75 Å². The third-order valence-corrected chi connectivity index (χ3v) is 5.82. The second-order valence-corrected chi connectivity index (χ2v) is 7.40. The van der Waals surface area contributed by atoms with Gasteiger partial charge in [0, 0.05) is 18.4 Å². The molecule has 1 aromatic carbocycles. The maximum Gasteiger partial charge on any atom is 0.159 e. The van der Waals surface area contributed by atoms with E-state index in [0.717, 1.165) is 31.4 Å². The molecule has 3 rings (SSSR count). The van der Waals surface area contributed by atoms with Crippen LogP contribution in [0.3, 0.4) is 0 Å². The standard InChI is InChI=1S/C22H30O3/c1-4-6-10-22-15-16-13-17(25-12-11-24-3)8-9-18(16)20(22)14-21(23)19(22)7-5-2/h8-9,13-14,19H,4-7,10-12,15H2,1-3H3/t19-,22-/m1/s1. The highest BCUT2D eigenvalue weighted by Crippen LogP contribution is 2.59. The highest BCUT2D eigenvalue weighted by atomic mass is 16.5. The van der Waals surface area contributed by atoms with Crippen molar-refractivity contribution in [2.24, 2.45) is 11.3 Å². The van der Waals surface area contributed by atoms with Crippen LogP contribution < -0.4 is 4.74 Å². The third kappa shape index (κ3) is 3.27. The molecule has 0 N–H and O–H groups in total. The predicted octanol–water partition coefficient (Wildman–Crippen LogP) is 4.83. The Morgan fingerprint density at radius 2 is 2.04 bits per heavy atom. The molecule has 2 aliphatic rings. The van der Waals surface area contributed by atoms with Crippen LogP contribution in [0.25, 0.3) is 5.57 Å². The molecule has 0 spiro atoms. The van der Waals surface area contributed by atoms with Gasteiger partial charge in [0.05, 0.1) is 6.61 Å². The smallest absolute Gasteiger partial charge is 0.159 e. The molecule has 136 valence electrons. The molecule has 1 aromatic rings. The second kappa shape index (κ2) is 7.74. The minimum Gasteiger partial charge on any atom is -0.491 e. The van der Waals surface area contributed by atoms with E-state index in [1.807, 2.05) is 12.1 Å². The Bertz CT molecular complexity index is 661. The molecule has 3 heteroatoms. The fourth-order valence-electron chi connectivity index (χ4n) is 4.66. The number of ketones is 1. The van der Waals surface area contributed by atoms with Crippen molar-refractivity contribution >= 4 is 11.4 Å². The van der Waals surface area contributed by atoms with Crippen molar-refractivity contribution in [3.63, 3.8) is 0 Å². The lowest BCUT2D eigenvalue weighted by molar-refractivity contribution is -0.120. The molecule has 0 saturated heterocycles. The fraction of sp³-hybridized carbons (Fsp3) is 0.591. The number of carbonyl (C=O) groups excluding carboxylic acids is 1. The van der Waals surface area contributed by atoms with Crippen LogP contribution in [0.2, 0.25) is 0 Å². The number of ether oxygens (including phenoxy) is 2. The van der Waals surface area contributed by atoms with Gasteiger partial charge in [0.2, 0.25) is 0 Å². The largest absolute Gasteiger partial charge is 0.491 e. The number of fused-ring (bicyclic) bond motifs is 3. The number of unbranched alkanes of at least 4 members (excludes halogenated alkanes) is 1. The number of methoxy groups -OCH3 is 1. The summed E-state index contributed by atoms with van der Waals surface area (Å²) in [6.45, 7) is 5.57. The van der Waals surface area contributed by atoms with E-state index in [9.17, 15) is 4.79 Å².